The summed E-state index contributed by atoms with van der Waals surface area (Å²) in [6, 6.07) is 0. The van der Waals surface area contributed by atoms with Gasteiger partial charge >= 0.3 is 41.8 Å². The number of unbranched alkanes of at least 4 members (excludes halogenated alkanes) is 2. The van der Waals surface area contributed by atoms with Crippen LogP contribution in [-0.2, 0) is 85.7 Å². The van der Waals surface area contributed by atoms with Crippen LogP contribution in [0.25, 0.3) is 0 Å². The lowest BCUT2D eigenvalue weighted by atomic mass is 9.91. The molecule has 0 aliphatic carbocycles. The lowest BCUT2D eigenvalue weighted by Crippen LogP contribution is -2.55. The Morgan fingerprint density at radius 2 is 0.845 bits per heavy atom. The molecule has 1 fully saturated rings. The van der Waals surface area contributed by atoms with E-state index in [0.717, 1.165) is 70.6 Å². The van der Waals surface area contributed by atoms with Crippen LogP contribution >= 0.6 is 0 Å². The fourth-order valence-electron chi connectivity index (χ4n) is 6.02. The van der Waals surface area contributed by atoms with E-state index < -0.39 is 35.9 Å². The Morgan fingerprint density at radius 1 is 0.443 bits per heavy atom. The number of esters is 7. The molecule has 1 heterocycles. The normalized spacial score (nSPS) is 18.0. The van der Waals surface area contributed by atoms with Gasteiger partial charge in [-0.1, -0.05) is 165 Å². The molecule has 1 saturated heterocycles. The molecular weight excluding hydrogens is 1260 g/mol. The van der Waals surface area contributed by atoms with E-state index in [4.69, 9.17) is 57.6 Å². The first kappa shape index (κ1) is 106. The first-order valence-electron chi connectivity index (χ1n) is 36.3. The third-order valence-electron chi connectivity index (χ3n) is 16.0. The minimum absolute atomic E-state index is 0.00635. The predicted molar refractivity (Wildman–Crippen MR) is 381 cm³/mol. The molecule has 1 aliphatic rings. The summed E-state index contributed by atoms with van der Waals surface area (Å²) in [5, 5.41) is 45.6. The fraction of sp³-hybridized carbons (Fsp3) is 0.905. The van der Waals surface area contributed by atoms with Crippen LogP contribution in [0, 0.1) is 58.7 Å². The average molecular weight is 1410 g/mol. The molecular formula is C74H148O23. The lowest BCUT2D eigenvalue weighted by molar-refractivity contribution is -0.289. The number of aliphatic hydroxyl groups excluding tert-OH is 5. The van der Waals surface area contributed by atoms with Crippen molar-refractivity contribution in [3.63, 3.8) is 0 Å². The molecule has 23 nitrogen and oxygen atoms in total. The van der Waals surface area contributed by atoms with Crippen molar-refractivity contribution < 1.29 is 111 Å². The summed E-state index contributed by atoms with van der Waals surface area (Å²) in [7, 11) is 1.58. The summed E-state index contributed by atoms with van der Waals surface area (Å²) >= 11 is 0. The number of hydrogen-bond acceptors (Lipinski definition) is 23. The number of ether oxygens (including phenoxy) is 11. The zero-order valence-electron chi connectivity index (χ0n) is 65.9. The summed E-state index contributed by atoms with van der Waals surface area (Å²) in [5.41, 5.74) is -0.547. The van der Waals surface area contributed by atoms with E-state index in [1.807, 2.05) is 118 Å². The van der Waals surface area contributed by atoms with Gasteiger partial charge in [-0.3, -0.25) is 33.6 Å². The van der Waals surface area contributed by atoms with Crippen LogP contribution in [0.5, 0.6) is 0 Å². The van der Waals surface area contributed by atoms with Gasteiger partial charge in [-0.05, 0) is 104 Å². The zero-order valence-corrected chi connectivity index (χ0v) is 65.9. The number of methoxy groups -OCH3 is 1. The minimum atomic E-state index is -1.21. The maximum Gasteiger partial charge on any atom is 0.311 e. The Labute approximate surface area is 589 Å². The Hall–Kier alpha value is -4.07. The summed E-state index contributed by atoms with van der Waals surface area (Å²) in [5.74, 6) is -0.234. The van der Waals surface area contributed by atoms with Crippen molar-refractivity contribution in [1.82, 2.24) is 0 Å². The Kier molecular flexibility index (Phi) is 77.2. The van der Waals surface area contributed by atoms with Gasteiger partial charge in [-0.2, -0.15) is 0 Å². The highest BCUT2D eigenvalue weighted by Crippen LogP contribution is 2.27. The number of carbonyl (C=O) groups is 7. The van der Waals surface area contributed by atoms with Gasteiger partial charge in [0.25, 0.3) is 0 Å². The number of carbonyl (C=O) groups excluding carboxylic acids is 7. The molecule has 0 aromatic carbocycles. The van der Waals surface area contributed by atoms with E-state index >= 15 is 0 Å². The standard InChI is InChI=1S/C15H28O7.2C10H20O2.2C9H18O2.C8H16O3.C7H14O3.C6H14O2/c1-5-15(3,4)14(19)21-7-6-20-13-12(18)11(17)9(2)10(8-16)22-13;1-5-8(3)7-12-10(11)9(4)6-2;1-4-6-7-8-12-10(11)9(3)5-2;1-5-8(4)9(10)11-6-7(2)3;1-5-7(3)9(10)11-8(4)6-2;1-4-7(2)8(9)11-6-5-10-3;1-3-6(2)7(9)10-5-4-8;1-3-6(2)8-5-4-7/h9-13,16-18H,5-8H2,1-4H3;8-9H,5-7H2,1-4H3;9H,4-8H2,1-3H3;2*7-8H,5-6H2,1-4H3;7H,4-6H2,1-3H3;6,8H,3-5H2,1-2H3;6-7H,3-5H2,1-2H3/t9-,10?,11?,12+,13-;;;;;;;/m0......./s1. The molecule has 11 unspecified atom stereocenters. The van der Waals surface area contributed by atoms with E-state index in [1.54, 1.807) is 34.8 Å². The van der Waals surface area contributed by atoms with E-state index in [1.165, 1.54) is 6.42 Å². The second-order valence-corrected chi connectivity index (χ2v) is 25.7. The van der Waals surface area contributed by atoms with Crippen LogP contribution in [0.4, 0.5) is 0 Å². The van der Waals surface area contributed by atoms with Gasteiger partial charge in [0.1, 0.15) is 25.9 Å². The molecule has 14 atom stereocenters. The molecule has 582 valence electrons. The van der Waals surface area contributed by atoms with E-state index in [0.29, 0.717) is 64.0 Å². The van der Waals surface area contributed by atoms with E-state index in [9.17, 15) is 48.9 Å². The third-order valence-corrected chi connectivity index (χ3v) is 16.0. The Balaban J connectivity index is -0.000000195. The van der Waals surface area contributed by atoms with Crippen molar-refractivity contribution >= 4 is 41.8 Å². The summed E-state index contributed by atoms with van der Waals surface area (Å²) < 4.78 is 55.5. The van der Waals surface area contributed by atoms with Crippen LogP contribution in [0.2, 0.25) is 0 Å². The number of aliphatic hydroxyl groups is 5. The van der Waals surface area contributed by atoms with Crippen molar-refractivity contribution in [2.24, 2.45) is 58.7 Å². The molecule has 0 bridgehead atoms. The second kappa shape index (κ2) is 70.4. The number of rotatable bonds is 39. The van der Waals surface area contributed by atoms with Crippen LogP contribution < -0.4 is 0 Å². The van der Waals surface area contributed by atoms with Gasteiger partial charge in [0.15, 0.2) is 6.29 Å². The van der Waals surface area contributed by atoms with Gasteiger partial charge < -0.3 is 77.6 Å². The monoisotopic (exact) mass is 1410 g/mol. The molecule has 0 spiro atoms. The van der Waals surface area contributed by atoms with Crippen molar-refractivity contribution in [3.8, 4) is 0 Å². The fourth-order valence-corrected chi connectivity index (χ4v) is 6.02. The van der Waals surface area contributed by atoms with Gasteiger partial charge in [-0.25, -0.2) is 0 Å². The maximum absolute atomic E-state index is 11.8. The van der Waals surface area contributed by atoms with Crippen LogP contribution in [0.1, 0.15) is 257 Å². The van der Waals surface area contributed by atoms with E-state index in [-0.39, 0.29) is 123 Å². The molecule has 0 saturated carbocycles. The topological polar surface area (TPSA) is 322 Å². The zero-order chi connectivity index (χ0) is 76.7. The highest BCUT2D eigenvalue weighted by atomic mass is 16.7. The first-order valence-corrected chi connectivity index (χ1v) is 36.3. The molecule has 1 rings (SSSR count). The van der Waals surface area contributed by atoms with Crippen molar-refractivity contribution in [2.45, 2.75) is 293 Å². The van der Waals surface area contributed by atoms with Gasteiger partial charge in [0.05, 0.1) is 125 Å². The average Bonchev–Trinajstić information content (AvgIpc) is 0.864. The molecule has 0 aromatic heterocycles. The van der Waals surface area contributed by atoms with Crippen molar-refractivity contribution in [3.05, 3.63) is 0 Å². The maximum atomic E-state index is 11.8. The molecule has 0 radical (unpaired) electrons. The van der Waals surface area contributed by atoms with Crippen molar-refractivity contribution in [1.29, 1.82) is 0 Å². The molecule has 97 heavy (non-hydrogen) atoms. The van der Waals surface area contributed by atoms with Gasteiger partial charge in [0, 0.05) is 13.0 Å². The van der Waals surface area contributed by atoms with Crippen molar-refractivity contribution in [2.75, 3.05) is 86.4 Å². The quantitative estimate of drug-likeness (QED) is 0.0217. The predicted octanol–water partition coefficient (Wildman–Crippen LogP) is 12.6. The van der Waals surface area contributed by atoms with Gasteiger partial charge in [0.2, 0.25) is 0 Å². The van der Waals surface area contributed by atoms with Gasteiger partial charge in [-0.15, -0.1) is 0 Å². The Bertz CT molecular complexity index is 1850. The first-order chi connectivity index (χ1) is 45.5. The SMILES string of the molecule is CCC(C)(C)C(=O)OCCO[C@H]1OC(CO)[C@H](C)C(O)[C@H]1O.CCC(C)C(=O)OCC(C)C.CCC(C)C(=O)OCCO.CCC(C)C(=O)OCCOC.CCC(C)COC(=O)C(C)CC.CCC(C)OC(=O)C(C)CC.CCC(C)OCCO.CCCCCOC(=O)C(C)CC. The summed E-state index contributed by atoms with van der Waals surface area (Å²) in [6.45, 7) is 51.6. The second-order valence-electron chi connectivity index (χ2n) is 25.7. The summed E-state index contributed by atoms with van der Waals surface area (Å²) in [6.07, 6.45) is 8.44. The third kappa shape index (κ3) is 62.7. The molecule has 0 amide bonds. The van der Waals surface area contributed by atoms with E-state index in [2.05, 4.69) is 32.4 Å². The van der Waals surface area contributed by atoms with Crippen LogP contribution in [0.3, 0.4) is 0 Å². The Morgan fingerprint density at radius 3 is 1.22 bits per heavy atom. The highest BCUT2D eigenvalue weighted by Gasteiger charge is 2.42. The smallest absolute Gasteiger partial charge is 0.311 e. The molecule has 23 heteroatoms. The molecule has 0 aromatic rings. The lowest BCUT2D eigenvalue weighted by Gasteiger charge is -2.40. The number of hydrogen-bond donors (Lipinski definition) is 5. The van der Waals surface area contributed by atoms with Crippen LogP contribution in [0.15, 0.2) is 0 Å². The largest absolute Gasteiger partial charge is 0.465 e. The van der Waals surface area contributed by atoms with Crippen LogP contribution in [-0.4, -0.2) is 191 Å². The summed E-state index contributed by atoms with van der Waals surface area (Å²) in [4.78, 5) is 78.0. The minimum Gasteiger partial charge on any atom is -0.465 e. The molecule has 1 aliphatic heterocycles. The molecule has 5 N–H and O–H groups in total. The highest BCUT2D eigenvalue weighted by molar-refractivity contribution is 5.76.